The molecule has 3 aromatic heterocycles. The fourth-order valence-corrected chi connectivity index (χ4v) is 9.02. The van der Waals surface area contributed by atoms with Crippen molar-refractivity contribution < 1.29 is 4.42 Å². The first-order valence-corrected chi connectivity index (χ1v) is 18.8. The lowest BCUT2D eigenvalue weighted by Gasteiger charge is -2.14. The lowest BCUT2D eigenvalue weighted by molar-refractivity contribution is 0.669. The van der Waals surface area contributed by atoms with Crippen molar-refractivity contribution in [1.29, 1.82) is 0 Å². The molecule has 0 saturated heterocycles. The van der Waals surface area contributed by atoms with E-state index in [2.05, 4.69) is 191 Å². The zero-order valence-electron chi connectivity index (χ0n) is 29.8. The molecule has 0 amide bonds. The van der Waals surface area contributed by atoms with Gasteiger partial charge in [-0.1, -0.05) is 133 Å². The topological polar surface area (TPSA) is 23.0 Å². The van der Waals surface area contributed by atoms with Crippen molar-refractivity contribution in [2.24, 2.45) is 0 Å². The zero-order valence-corrected chi connectivity index (χ0v) is 29.8. The molecule has 3 heteroatoms. The molecule has 256 valence electrons. The summed E-state index contributed by atoms with van der Waals surface area (Å²) < 4.78 is 11.1. The molecule has 12 rings (SSSR count). The van der Waals surface area contributed by atoms with Gasteiger partial charge >= 0.3 is 0 Å². The Morgan fingerprint density at radius 1 is 0.327 bits per heavy atom. The Hall–Kier alpha value is -7.36. The number of fused-ring (bicyclic) bond motifs is 11. The third-order valence-corrected chi connectivity index (χ3v) is 11.5. The summed E-state index contributed by atoms with van der Waals surface area (Å²) in [5.74, 6) is 0. The standard InChI is InChI=1S/C52H32N2O/c1-2-12-33(13-3-1)38-15-6-9-19-46(38)54-47-20-10-7-17-40(47)43-30-35(24-28-49(43)54)36-23-27-48-44(31-36)42-26-22-34-14-4-5-16-39(34)52(42)53(48)37-25-29-51-45(32-37)41-18-8-11-21-50(41)55-51/h1-32H. The fourth-order valence-electron chi connectivity index (χ4n) is 9.02. The average molecular weight is 701 g/mol. The van der Waals surface area contributed by atoms with Crippen molar-refractivity contribution in [2.45, 2.75) is 0 Å². The molecule has 3 heterocycles. The van der Waals surface area contributed by atoms with E-state index in [1.54, 1.807) is 0 Å². The van der Waals surface area contributed by atoms with Gasteiger partial charge in [0.1, 0.15) is 11.2 Å². The summed E-state index contributed by atoms with van der Waals surface area (Å²) >= 11 is 0. The van der Waals surface area contributed by atoms with E-state index < -0.39 is 0 Å². The number of aromatic nitrogens is 2. The van der Waals surface area contributed by atoms with E-state index in [9.17, 15) is 0 Å². The third kappa shape index (κ3) is 4.44. The van der Waals surface area contributed by atoms with Gasteiger partial charge in [0, 0.05) is 49.0 Å². The largest absolute Gasteiger partial charge is 0.456 e. The molecule has 0 N–H and O–H groups in total. The number of furan rings is 1. The second kappa shape index (κ2) is 11.6. The number of para-hydroxylation sites is 3. The number of nitrogens with zero attached hydrogens (tertiary/aromatic N) is 2. The average Bonchev–Trinajstić information content (AvgIpc) is 3.91. The Bertz CT molecular complexity index is 3490. The molecule has 0 aliphatic rings. The van der Waals surface area contributed by atoms with Crippen molar-refractivity contribution in [3.63, 3.8) is 0 Å². The highest BCUT2D eigenvalue weighted by molar-refractivity contribution is 6.20. The van der Waals surface area contributed by atoms with Crippen LogP contribution in [0.25, 0.3) is 110 Å². The maximum Gasteiger partial charge on any atom is 0.135 e. The van der Waals surface area contributed by atoms with Crippen molar-refractivity contribution in [3.8, 4) is 33.6 Å². The number of rotatable bonds is 4. The summed E-state index contributed by atoms with van der Waals surface area (Å²) in [4.78, 5) is 0. The maximum absolute atomic E-state index is 6.23. The number of hydrogen-bond donors (Lipinski definition) is 0. The Labute approximate surface area is 316 Å². The van der Waals surface area contributed by atoms with E-state index in [4.69, 9.17) is 4.42 Å². The van der Waals surface area contributed by atoms with Crippen LogP contribution in [0.5, 0.6) is 0 Å². The summed E-state index contributed by atoms with van der Waals surface area (Å²) in [6, 6.07) is 70.3. The second-order valence-corrected chi connectivity index (χ2v) is 14.5. The highest BCUT2D eigenvalue weighted by Crippen LogP contribution is 2.42. The number of hydrogen-bond acceptors (Lipinski definition) is 1. The highest BCUT2D eigenvalue weighted by Gasteiger charge is 2.19. The maximum atomic E-state index is 6.23. The first kappa shape index (κ1) is 30.1. The Balaban J connectivity index is 1.08. The van der Waals surface area contributed by atoms with E-state index in [1.165, 1.54) is 82.3 Å². The summed E-state index contributed by atoms with van der Waals surface area (Å²) in [5, 5.41) is 9.67. The van der Waals surface area contributed by atoms with Crippen molar-refractivity contribution >= 4 is 76.3 Å². The molecule has 0 saturated carbocycles. The summed E-state index contributed by atoms with van der Waals surface area (Å²) in [5.41, 5.74) is 13.7. The molecule has 0 spiro atoms. The van der Waals surface area contributed by atoms with Crippen LogP contribution in [-0.2, 0) is 0 Å². The molecule has 12 aromatic rings. The first-order chi connectivity index (χ1) is 27.3. The normalized spacial score (nSPS) is 12.0. The van der Waals surface area contributed by atoms with Crippen LogP contribution < -0.4 is 0 Å². The molecule has 0 aliphatic heterocycles. The molecule has 9 aromatic carbocycles. The van der Waals surface area contributed by atoms with Gasteiger partial charge in [-0.3, -0.25) is 0 Å². The molecular formula is C52H32N2O. The van der Waals surface area contributed by atoms with Gasteiger partial charge in [0.2, 0.25) is 0 Å². The molecule has 0 atom stereocenters. The molecule has 0 aliphatic carbocycles. The van der Waals surface area contributed by atoms with E-state index >= 15 is 0 Å². The van der Waals surface area contributed by atoms with Gasteiger partial charge in [-0.05, 0) is 82.7 Å². The molecular weight excluding hydrogens is 669 g/mol. The van der Waals surface area contributed by atoms with Crippen LogP contribution in [0.3, 0.4) is 0 Å². The smallest absolute Gasteiger partial charge is 0.135 e. The number of benzene rings is 9. The third-order valence-electron chi connectivity index (χ3n) is 11.5. The predicted octanol–water partition coefficient (Wildman–Crippen LogP) is 14.3. The van der Waals surface area contributed by atoms with Gasteiger partial charge in [0.25, 0.3) is 0 Å². The van der Waals surface area contributed by atoms with Crippen LogP contribution in [0.15, 0.2) is 199 Å². The lowest BCUT2D eigenvalue weighted by atomic mass is 10.00. The monoisotopic (exact) mass is 700 g/mol. The van der Waals surface area contributed by atoms with Crippen molar-refractivity contribution in [1.82, 2.24) is 9.13 Å². The van der Waals surface area contributed by atoms with Crippen LogP contribution >= 0.6 is 0 Å². The van der Waals surface area contributed by atoms with E-state index in [1.807, 2.05) is 12.1 Å². The van der Waals surface area contributed by atoms with Crippen LogP contribution in [-0.4, -0.2) is 9.13 Å². The zero-order chi connectivity index (χ0) is 36.0. The summed E-state index contributed by atoms with van der Waals surface area (Å²) in [6.07, 6.45) is 0. The van der Waals surface area contributed by atoms with Crippen molar-refractivity contribution in [2.75, 3.05) is 0 Å². The van der Waals surface area contributed by atoms with E-state index in [0.29, 0.717) is 0 Å². The summed E-state index contributed by atoms with van der Waals surface area (Å²) in [7, 11) is 0. The molecule has 0 unspecified atom stereocenters. The Morgan fingerprint density at radius 2 is 0.964 bits per heavy atom. The second-order valence-electron chi connectivity index (χ2n) is 14.5. The highest BCUT2D eigenvalue weighted by atomic mass is 16.3. The molecule has 0 radical (unpaired) electrons. The van der Waals surface area contributed by atoms with E-state index in [-0.39, 0.29) is 0 Å². The van der Waals surface area contributed by atoms with Gasteiger partial charge in [-0.25, -0.2) is 0 Å². The quantitative estimate of drug-likeness (QED) is 0.179. The van der Waals surface area contributed by atoms with Gasteiger partial charge in [0.05, 0.1) is 27.8 Å². The van der Waals surface area contributed by atoms with Gasteiger partial charge in [0.15, 0.2) is 0 Å². The van der Waals surface area contributed by atoms with Crippen molar-refractivity contribution in [3.05, 3.63) is 194 Å². The van der Waals surface area contributed by atoms with Gasteiger partial charge < -0.3 is 13.6 Å². The molecule has 55 heavy (non-hydrogen) atoms. The fraction of sp³-hybridized carbons (Fsp3) is 0. The molecule has 0 bridgehead atoms. The van der Waals surface area contributed by atoms with Crippen LogP contribution in [0.4, 0.5) is 0 Å². The van der Waals surface area contributed by atoms with Gasteiger partial charge in [-0.15, -0.1) is 0 Å². The minimum Gasteiger partial charge on any atom is -0.456 e. The first-order valence-electron chi connectivity index (χ1n) is 18.8. The SMILES string of the molecule is c1ccc(-c2ccccc2-n2c3ccccc3c3cc(-c4ccc5c(c4)c4ccc6ccccc6c4n5-c4ccc5oc6ccccc6c5c4)ccc32)cc1. The molecule has 0 fully saturated rings. The Kier molecular flexibility index (Phi) is 6.34. The van der Waals surface area contributed by atoms with Crippen LogP contribution in [0, 0.1) is 0 Å². The molecule has 3 nitrogen and oxygen atoms in total. The lowest BCUT2D eigenvalue weighted by Crippen LogP contribution is -1.97. The van der Waals surface area contributed by atoms with Crippen LogP contribution in [0.2, 0.25) is 0 Å². The summed E-state index contributed by atoms with van der Waals surface area (Å²) in [6.45, 7) is 0. The predicted molar refractivity (Wildman–Crippen MR) is 231 cm³/mol. The minimum absolute atomic E-state index is 0.901. The van der Waals surface area contributed by atoms with Gasteiger partial charge in [-0.2, -0.15) is 0 Å². The minimum atomic E-state index is 0.901. The van der Waals surface area contributed by atoms with Crippen LogP contribution in [0.1, 0.15) is 0 Å². The Morgan fingerprint density at radius 3 is 1.82 bits per heavy atom. The van der Waals surface area contributed by atoms with E-state index in [0.717, 1.165) is 27.6 Å².